The molecule has 3 nitrogen and oxygen atoms in total. The van der Waals surface area contributed by atoms with E-state index in [0.29, 0.717) is 0 Å². The Morgan fingerprint density at radius 1 is 1.39 bits per heavy atom. The maximum absolute atomic E-state index is 12.6. The third-order valence-corrected chi connectivity index (χ3v) is 3.99. The molecule has 0 saturated carbocycles. The fourth-order valence-corrected chi connectivity index (χ4v) is 2.59. The zero-order valence-corrected chi connectivity index (χ0v) is 11.3. The lowest BCUT2D eigenvalue weighted by Crippen LogP contribution is -2.58. The topological polar surface area (TPSA) is 40.5 Å². The number of aryl methyl sites for hydroxylation is 1. The van der Waals surface area contributed by atoms with E-state index in [2.05, 4.69) is 0 Å². The fourth-order valence-electron chi connectivity index (χ4n) is 2.59. The van der Waals surface area contributed by atoms with Crippen molar-refractivity contribution in [3.8, 4) is 0 Å². The summed E-state index contributed by atoms with van der Waals surface area (Å²) in [6, 6.07) is 7.62. The molecule has 1 aliphatic heterocycles. The lowest BCUT2D eigenvalue weighted by molar-refractivity contribution is -0.0307. The molecule has 1 unspecified atom stereocenters. The monoisotopic (exact) mass is 247 g/mol. The van der Waals surface area contributed by atoms with Crippen LogP contribution in [0.1, 0.15) is 42.6 Å². The Kier molecular flexibility index (Phi) is 3.44. The first-order valence-corrected chi connectivity index (χ1v) is 6.50. The van der Waals surface area contributed by atoms with E-state index in [4.69, 9.17) is 0 Å². The van der Waals surface area contributed by atoms with Gasteiger partial charge in [0.15, 0.2) is 0 Å². The quantitative estimate of drug-likeness (QED) is 0.827. The first-order valence-electron chi connectivity index (χ1n) is 6.50. The minimum Gasteiger partial charge on any atom is -0.391 e. The molecule has 1 aromatic rings. The largest absolute Gasteiger partial charge is 0.391 e. The van der Waals surface area contributed by atoms with Crippen molar-refractivity contribution < 1.29 is 9.90 Å². The van der Waals surface area contributed by atoms with Crippen LogP contribution >= 0.6 is 0 Å². The summed E-state index contributed by atoms with van der Waals surface area (Å²) in [5.74, 6) is 0.0249. The predicted molar refractivity (Wildman–Crippen MR) is 71.5 cm³/mol. The first kappa shape index (κ1) is 13.1. The number of hydrogen-bond acceptors (Lipinski definition) is 2. The van der Waals surface area contributed by atoms with Gasteiger partial charge in [-0.25, -0.2) is 0 Å². The van der Waals surface area contributed by atoms with Gasteiger partial charge in [0.05, 0.1) is 11.6 Å². The van der Waals surface area contributed by atoms with Crippen LogP contribution in [0.25, 0.3) is 0 Å². The van der Waals surface area contributed by atoms with Gasteiger partial charge >= 0.3 is 0 Å². The summed E-state index contributed by atoms with van der Waals surface area (Å²) in [6.45, 7) is 6.54. The normalized spacial score (nSPS) is 22.9. The molecule has 3 heteroatoms. The standard InChI is InChI=1S/C15H21NO2/c1-11-7-4-5-8-12(11)14(18)16-10-6-9-13(17)15(16,2)3/h4-5,7-8,13,17H,6,9-10H2,1-3H3. The molecule has 0 aliphatic carbocycles. The molecule has 0 bridgehead atoms. The van der Waals surface area contributed by atoms with E-state index in [1.165, 1.54) is 0 Å². The zero-order chi connectivity index (χ0) is 13.3. The van der Waals surface area contributed by atoms with Gasteiger partial charge in [-0.2, -0.15) is 0 Å². The second kappa shape index (κ2) is 4.73. The van der Waals surface area contributed by atoms with Crippen LogP contribution in [0.4, 0.5) is 0 Å². The van der Waals surface area contributed by atoms with Crippen molar-refractivity contribution in [3.05, 3.63) is 35.4 Å². The van der Waals surface area contributed by atoms with Crippen molar-refractivity contribution in [1.29, 1.82) is 0 Å². The van der Waals surface area contributed by atoms with Gasteiger partial charge in [0.1, 0.15) is 0 Å². The van der Waals surface area contributed by atoms with Crippen molar-refractivity contribution in [3.63, 3.8) is 0 Å². The SMILES string of the molecule is Cc1ccccc1C(=O)N1CCCC(O)C1(C)C. The number of hydrogen-bond donors (Lipinski definition) is 1. The van der Waals surface area contributed by atoms with E-state index in [9.17, 15) is 9.90 Å². The third kappa shape index (κ3) is 2.15. The van der Waals surface area contributed by atoms with Crippen LogP contribution in [0, 0.1) is 6.92 Å². The maximum atomic E-state index is 12.6. The van der Waals surface area contributed by atoms with Crippen molar-refractivity contribution >= 4 is 5.91 Å². The zero-order valence-electron chi connectivity index (χ0n) is 11.3. The number of likely N-dealkylation sites (tertiary alicyclic amines) is 1. The van der Waals surface area contributed by atoms with Crippen LogP contribution < -0.4 is 0 Å². The molecule has 1 aromatic carbocycles. The van der Waals surface area contributed by atoms with Gasteiger partial charge in [0.25, 0.3) is 5.91 Å². The highest BCUT2D eigenvalue weighted by molar-refractivity contribution is 5.96. The molecule has 0 radical (unpaired) electrons. The highest BCUT2D eigenvalue weighted by atomic mass is 16.3. The number of aliphatic hydroxyl groups excluding tert-OH is 1. The Labute approximate surface area is 108 Å². The number of carbonyl (C=O) groups excluding carboxylic acids is 1. The van der Waals surface area contributed by atoms with Crippen LogP contribution in [0.2, 0.25) is 0 Å². The number of rotatable bonds is 1. The molecular formula is C15H21NO2. The second-order valence-electron chi connectivity index (χ2n) is 5.58. The molecule has 98 valence electrons. The van der Waals surface area contributed by atoms with Gasteiger partial charge in [-0.15, -0.1) is 0 Å². The summed E-state index contributed by atoms with van der Waals surface area (Å²) in [5, 5.41) is 10.1. The summed E-state index contributed by atoms with van der Waals surface area (Å²) in [6.07, 6.45) is 1.19. The molecular weight excluding hydrogens is 226 g/mol. The number of amides is 1. The second-order valence-corrected chi connectivity index (χ2v) is 5.58. The highest BCUT2D eigenvalue weighted by Crippen LogP contribution is 2.29. The van der Waals surface area contributed by atoms with Gasteiger partial charge in [0.2, 0.25) is 0 Å². The Morgan fingerprint density at radius 3 is 2.72 bits per heavy atom. The van der Waals surface area contributed by atoms with Crippen LogP contribution in [-0.4, -0.2) is 34.1 Å². The lowest BCUT2D eigenvalue weighted by Gasteiger charge is -2.46. The average Bonchev–Trinajstić information content (AvgIpc) is 2.32. The molecule has 18 heavy (non-hydrogen) atoms. The maximum Gasteiger partial charge on any atom is 0.254 e. The van der Waals surface area contributed by atoms with Crippen LogP contribution in [0.5, 0.6) is 0 Å². The average molecular weight is 247 g/mol. The molecule has 1 heterocycles. The highest BCUT2D eigenvalue weighted by Gasteiger charge is 2.40. The molecule has 1 fully saturated rings. The van der Waals surface area contributed by atoms with E-state index in [1.54, 1.807) is 0 Å². The number of benzene rings is 1. The Hall–Kier alpha value is -1.35. The Balaban J connectivity index is 2.31. The van der Waals surface area contributed by atoms with Gasteiger partial charge < -0.3 is 10.0 Å². The lowest BCUT2D eigenvalue weighted by atomic mass is 9.86. The summed E-state index contributed by atoms with van der Waals surface area (Å²) in [7, 11) is 0. The molecule has 0 spiro atoms. The molecule has 2 rings (SSSR count). The number of piperidine rings is 1. The molecule has 1 saturated heterocycles. The summed E-state index contributed by atoms with van der Waals surface area (Å²) >= 11 is 0. The van der Waals surface area contributed by atoms with E-state index in [-0.39, 0.29) is 5.91 Å². The van der Waals surface area contributed by atoms with Gasteiger partial charge in [-0.05, 0) is 45.2 Å². The number of nitrogens with zero attached hydrogens (tertiary/aromatic N) is 1. The van der Waals surface area contributed by atoms with Crippen molar-refractivity contribution in [2.24, 2.45) is 0 Å². The molecule has 1 atom stereocenters. The van der Waals surface area contributed by atoms with Gasteiger partial charge in [0, 0.05) is 12.1 Å². The van der Waals surface area contributed by atoms with Gasteiger partial charge in [-0.1, -0.05) is 18.2 Å². The van der Waals surface area contributed by atoms with Crippen LogP contribution in [0.15, 0.2) is 24.3 Å². The molecule has 1 aliphatic rings. The smallest absolute Gasteiger partial charge is 0.254 e. The fraction of sp³-hybridized carbons (Fsp3) is 0.533. The Bertz CT molecular complexity index is 454. The van der Waals surface area contributed by atoms with Crippen molar-refractivity contribution in [1.82, 2.24) is 4.90 Å². The Morgan fingerprint density at radius 2 is 2.06 bits per heavy atom. The summed E-state index contributed by atoms with van der Waals surface area (Å²) in [5.41, 5.74) is 1.23. The third-order valence-electron chi connectivity index (χ3n) is 3.99. The first-order chi connectivity index (χ1) is 8.44. The van der Waals surface area contributed by atoms with E-state index < -0.39 is 11.6 Å². The van der Waals surface area contributed by atoms with Crippen molar-refractivity contribution in [2.75, 3.05) is 6.54 Å². The summed E-state index contributed by atoms with van der Waals surface area (Å²) in [4.78, 5) is 14.4. The van der Waals surface area contributed by atoms with Crippen LogP contribution in [-0.2, 0) is 0 Å². The van der Waals surface area contributed by atoms with E-state index >= 15 is 0 Å². The van der Waals surface area contributed by atoms with Crippen LogP contribution in [0.3, 0.4) is 0 Å². The number of aliphatic hydroxyl groups is 1. The predicted octanol–water partition coefficient (Wildman–Crippen LogP) is 2.37. The molecule has 1 N–H and O–H groups in total. The minimum atomic E-state index is -0.488. The van der Waals surface area contributed by atoms with E-state index in [0.717, 1.165) is 30.5 Å². The minimum absolute atomic E-state index is 0.0249. The van der Waals surface area contributed by atoms with Crippen molar-refractivity contribution in [2.45, 2.75) is 45.3 Å². The molecule has 1 amide bonds. The van der Waals surface area contributed by atoms with Gasteiger partial charge in [-0.3, -0.25) is 4.79 Å². The summed E-state index contributed by atoms with van der Waals surface area (Å²) < 4.78 is 0. The van der Waals surface area contributed by atoms with E-state index in [1.807, 2.05) is 49.9 Å². The molecule has 0 aromatic heterocycles. The number of carbonyl (C=O) groups is 1.